The summed E-state index contributed by atoms with van der Waals surface area (Å²) in [6, 6.07) is 15.2. The lowest BCUT2D eigenvalue weighted by atomic mass is 10.1. The van der Waals surface area contributed by atoms with Gasteiger partial charge in [-0.25, -0.2) is 0 Å². The van der Waals surface area contributed by atoms with Crippen molar-refractivity contribution in [1.82, 2.24) is 9.13 Å². The predicted octanol–water partition coefficient (Wildman–Crippen LogP) is 9.36. The Kier molecular flexibility index (Phi) is 11.4. The van der Waals surface area contributed by atoms with E-state index in [9.17, 15) is 19.8 Å². The van der Waals surface area contributed by atoms with E-state index in [1.807, 2.05) is 57.7 Å². The van der Waals surface area contributed by atoms with Crippen LogP contribution in [0.25, 0.3) is 21.8 Å². The number of azo groups is 2. The molecule has 0 aliphatic rings. The molecular weight excluding hydrogens is 556 g/mol. The maximum Gasteiger partial charge on any atom is 0.264 e. The number of benzene rings is 2. The Hall–Kier alpha value is -4.34. The van der Waals surface area contributed by atoms with Crippen LogP contribution in [0.1, 0.15) is 79.1 Å². The maximum atomic E-state index is 12.4. The van der Waals surface area contributed by atoms with Crippen LogP contribution >= 0.6 is 0 Å². The Labute approximate surface area is 258 Å². The Morgan fingerprint density at radius 1 is 0.636 bits per heavy atom. The van der Waals surface area contributed by atoms with Crippen molar-refractivity contribution in [2.24, 2.45) is 32.3 Å². The number of carbonyl (C=O) groups excluding carboxylic acids is 2. The molecule has 0 saturated carbocycles. The molecule has 2 amide bonds. The highest BCUT2D eigenvalue weighted by Crippen LogP contribution is 2.40. The molecule has 2 N–H and O–H groups in total. The minimum atomic E-state index is -0.347. The van der Waals surface area contributed by atoms with Gasteiger partial charge in [0.1, 0.15) is 0 Å². The molecule has 0 radical (unpaired) electrons. The van der Waals surface area contributed by atoms with Gasteiger partial charge in [0.05, 0.1) is 11.0 Å². The number of aryl methyl sites for hydroxylation is 2. The van der Waals surface area contributed by atoms with Crippen molar-refractivity contribution in [3.8, 4) is 11.8 Å². The van der Waals surface area contributed by atoms with E-state index in [-0.39, 0.29) is 36.4 Å². The monoisotopic (exact) mass is 600 g/mol. The molecule has 2 aromatic carbocycles. The molecule has 4 rings (SSSR count). The zero-order valence-electron chi connectivity index (χ0n) is 26.2. The summed E-state index contributed by atoms with van der Waals surface area (Å²) in [6.07, 6.45) is 5.06. The normalized spacial score (nSPS) is 12.2. The molecule has 0 bridgehead atoms. The van der Waals surface area contributed by atoms with Crippen LogP contribution < -0.4 is 0 Å². The number of fused-ring (bicyclic) bond motifs is 2. The summed E-state index contributed by atoms with van der Waals surface area (Å²) < 4.78 is 3.65. The molecule has 10 nitrogen and oxygen atoms in total. The largest absolute Gasteiger partial charge is 0.493 e. The number of amides is 2. The fourth-order valence-electron chi connectivity index (χ4n) is 5.19. The zero-order valence-corrected chi connectivity index (χ0v) is 26.2. The van der Waals surface area contributed by atoms with Crippen molar-refractivity contribution in [1.29, 1.82) is 0 Å². The van der Waals surface area contributed by atoms with Gasteiger partial charge in [-0.3, -0.25) is 9.59 Å². The van der Waals surface area contributed by atoms with Gasteiger partial charge in [0.25, 0.3) is 11.8 Å². The topological polar surface area (TPSA) is 134 Å². The first-order valence-corrected chi connectivity index (χ1v) is 15.7. The van der Waals surface area contributed by atoms with Crippen LogP contribution in [0.2, 0.25) is 0 Å². The van der Waals surface area contributed by atoms with E-state index in [0.717, 1.165) is 47.5 Å². The summed E-state index contributed by atoms with van der Waals surface area (Å²) in [5, 5.41) is 39.1. The average Bonchev–Trinajstić information content (AvgIpc) is 3.42. The van der Waals surface area contributed by atoms with Crippen LogP contribution in [0, 0.1) is 11.8 Å². The molecule has 0 aliphatic carbocycles. The highest BCUT2D eigenvalue weighted by atomic mass is 16.3. The molecule has 0 fully saturated rings. The molecule has 0 spiro atoms. The highest BCUT2D eigenvalue weighted by molar-refractivity contribution is 5.96. The number of aromatic nitrogens is 2. The lowest BCUT2D eigenvalue weighted by molar-refractivity contribution is -0.119. The second-order valence-corrected chi connectivity index (χ2v) is 12.1. The fraction of sp³-hybridized carbons (Fsp3) is 0.471. The summed E-state index contributed by atoms with van der Waals surface area (Å²) >= 11 is 0. The van der Waals surface area contributed by atoms with Crippen molar-refractivity contribution in [2.75, 3.05) is 0 Å². The number of carbonyl (C=O) groups is 2. The average molecular weight is 601 g/mol. The first-order chi connectivity index (χ1) is 21.2. The number of hydrogen-bond donors (Lipinski definition) is 2. The van der Waals surface area contributed by atoms with Gasteiger partial charge in [0.15, 0.2) is 11.4 Å². The number of rotatable bonds is 15. The molecule has 234 valence electrons. The van der Waals surface area contributed by atoms with Gasteiger partial charge in [-0.1, -0.05) is 76.9 Å². The fourth-order valence-corrected chi connectivity index (χ4v) is 5.19. The third-order valence-electron chi connectivity index (χ3n) is 7.75. The van der Waals surface area contributed by atoms with E-state index in [1.54, 1.807) is 0 Å². The van der Waals surface area contributed by atoms with Crippen LogP contribution in [0.5, 0.6) is 11.8 Å². The molecule has 0 aliphatic heterocycles. The lowest BCUT2D eigenvalue weighted by Gasteiger charge is -2.08. The third kappa shape index (κ3) is 8.18. The number of unbranched alkanes of at least 4 members (excludes halogenated alkanes) is 3. The summed E-state index contributed by atoms with van der Waals surface area (Å²) in [5.41, 5.74) is 2.37. The summed E-state index contributed by atoms with van der Waals surface area (Å²) in [7, 11) is 0. The Bertz CT molecular complexity index is 1520. The number of aromatic hydroxyl groups is 2. The Balaban J connectivity index is 1.23. The van der Waals surface area contributed by atoms with E-state index >= 15 is 0 Å². The van der Waals surface area contributed by atoms with Gasteiger partial charge in [0, 0.05) is 36.7 Å². The summed E-state index contributed by atoms with van der Waals surface area (Å²) in [6.45, 7) is 9.84. The second-order valence-electron chi connectivity index (χ2n) is 12.1. The number of nitrogens with zero attached hydrogens (tertiary/aromatic N) is 6. The Morgan fingerprint density at radius 3 is 1.41 bits per heavy atom. The highest BCUT2D eigenvalue weighted by Gasteiger charge is 2.18. The summed E-state index contributed by atoms with van der Waals surface area (Å²) in [4.78, 5) is 24.8. The van der Waals surface area contributed by atoms with Gasteiger partial charge >= 0.3 is 0 Å². The van der Waals surface area contributed by atoms with Gasteiger partial charge in [-0.15, -0.1) is 20.5 Å². The molecule has 0 saturated heterocycles. The van der Waals surface area contributed by atoms with Gasteiger partial charge in [-0.2, -0.15) is 0 Å². The molecule has 2 aromatic heterocycles. The molecule has 10 heteroatoms. The van der Waals surface area contributed by atoms with Crippen LogP contribution in [0.4, 0.5) is 11.4 Å². The van der Waals surface area contributed by atoms with Gasteiger partial charge in [0.2, 0.25) is 11.8 Å². The van der Waals surface area contributed by atoms with Crippen LogP contribution in [-0.2, 0) is 22.7 Å². The minimum Gasteiger partial charge on any atom is -0.493 e. The molecular formula is C34H44N6O4. The smallest absolute Gasteiger partial charge is 0.264 e. The van der Waals surface area contributed by atoms with Crippen molar-refractivity contribution >= 4 is 45.0 Å². The van der Waals surface area contributed by atoms with E-state index in [1.165, 1.54) is 0 Å². The van der Waals surface area contributed by atoms with Crippen LogP contribution in [0.3, 0.4) is 0 Å². The van der Waals surface area contributed by atoms with E-state index in [0.29, 0.717) is 49.1 Å². The van der Waals surface area contributed by atoms with E-state index in [4.69, 9.17) is 0 Å². The molecule has 0 atom stereocenters. The Morgan fingerprint density at radius 2 is 1.02 bits per heavy atom. The second kappa shape index (κ2) is 15.4. The van der Waals surface area contributed by atoms with Gasteiger partial charge < -0.3 is 19.3 Å². The van der Waals surface area contributed by atoms with Gasteiger partial charge in [-0.05, 0) is 49.7 Å². The molecule has 2 heterocycles. The molecule has 0 unspecified atom stereocenters. The van der Waals surface area contributed by atoms with Crippen molar-refractivity contribution in [2.45, 2.75) is 92.2 Å². The quantitative estimate of drug-likeness (QED) is 0.104. The van der Waals surface area contributed by atoms with Crippen LogP contribution in [0.15, 0.2) is 69.0 Å². The zero-order chi connectivity index (χ0) is 31.6. The first-order valence-electron chi connectivity index (χ1n) is 15.7. The minimum absolute atomic E-state index is 0.0253. The molecule has 44 heavy (non-hydrogen) atoms. The predicted molar refractivity (Wildman–Crippen MR) is 173 cm³/mol. The lowest BCUT2D eigenvalue weighted by Crippen LogP contribution is -2.00. The first kappa shape index (κ1) is 32.6. The van der Waals surface area contributed by atoms with Crippen molar-refractivity contribution in [3.05, 3.63) is 48.5 Å². The number of hydrogen-bond acceptors (Lipinski definition) is 6. The van der Waals surface area contributed by atoms with Crippen molar-refractivity contribution < 1.29 is 19.8 Å². The summed E-state index contributed by atoms with van der Waals surface area (Å²) in [5.74, 6) is 0.325. The van der Waals surface area contributed by atoms with E-state index in [2.05, 4.69) is 48.2 Å². The van der Waals surface area contributed by atoms with Crippen LogP contribution in [-0.4, -0.2) is 31.2 Å². The SMILES string of the molecule is CC(C)CCn1c(O)c(N=NC(=O)CCCCCCC(=O)N=Nc2c(O)n(CCC(C)C)c3ccccc23)c2ccccc21. The standard InChI is InChI=1S/C34H44N6O4/c1-23(2)19-21-39-27-15-11-9-13-25(27)31(33(39)43)37-35-29(41)17-7-5-6-8-18-30(42)36-38-32-26-14-10-12-16-28(26)40(34(32)44)22-20-24(3)4/h9-16,23-24,43-44H,5-8,17-22H2,1-4H3. The van der Waals surface area contributed by atoms with Crippen molar-refractivity contribution in [3.63, 3.8) is 0 Å². The van der Waals surface area contributed by atoms with E-state index < -0.39 is 0 Å². The molecule has 4 aromatic rings. The third-order valence-corrected chi connectivity index (χ3v) is 7.75. The maximum absolute atomic E-state index is 12.4. The number of para-hydroxylation sites is 2.